The first-order valence-electron chi connectivity index (χ1n) is 7.92. The summed E-state index contributed by atoms with van der Waals surface area (Å²) < 4.78 is 7.11. The largest absolute Gasteiger partial charge is 0.493 e. The second kappa shape index (κ2) is 5.03. The van der Waals surface area contributed by atoms with Crippen molar-refractivity contribution in [1.82, 2.24) is 5.32 Å². The zero-order valence-electron chi connectivity index (χ0n) is 11.9. The van der Waals surface area contributed by atoms with Gasteiger partial charge in [-0.25, -0.2) is 0 Å². The lowest BCUT2D eigenvalue weighted by atomic mass is 9.65. The fourth-order valence-corrected chi connectivity index (χ4v) is 4.18. The second-order valence-corrected chi connectivity index (χ2v) is 7.75. The highest BCUT2D eigenvalue weighted by Crippen LogP contribution is 2.46. The molecular weight excluding hydrogens is 314 g/mol. The molecule has 0 unspecified atom stereocenters. The fraction of sp³-hybridized carbons (Fsp3) is 0.647. The van der Waals surface area contributed by atoms with Crippen molar-refractivity contribution in [2.75, 3.05) is 13.2 Å². The summed E-state index contributed by atoms with van der Waals surface area (Å²) in [6.45, 7) is 2.05. The Hall–Kier alpha value is -0.540. The number of rotatable bonds is 5. The summed E-state index contributed by atoms with van der Waals surface area (Å²) in [5, 5.41) is 3.75. The zero-order chi connectivity index (χ0) is 13.6. The minimum atomic E-state index is 0.489. The predicted molar refractivity (Wildman–Crippen MR) is 84.4 cm³/mol. The lowest BCUT2D eigenvalue weighted by Crippen LogP contribution is -2.42. The molecule has 1 heterocycles. The molecule has 0 bridgehead atoms. The Morgan fingerprint density at radius 3 is 2.85 bits per heavy atom. The zero-order valence-corrected chi connectivity index (χ0v) is 13.5. The van der Waals surface area contributed by atoms with Crippen LogP contribution in [0.5, 0.6) is 5.75 Å². The van der Waals surface area contributed by atoms with E-state index in [-0.39, 0.29) is 0 Å². The van der Waals surface area contributed by atoms with Crippen molar-refractivity contribution in [3.05, 3.63) is 27.7 Å². The highest BCUT2D eigenvalue weighted by Gasteiger charge is 2.39. The van der Waals surface area contributed by atoms with Gasteiger partial charge in [0.1, 0.15) is 5.75 Å². The molecule has 3 aliphatic rings. The Labute approximate surface area is 129 Å². The average molecular weight is 336 g/mol. The van der Waals surface area contributed by atoms with Crippen LogP contribution in [0, 0.1) is 5.41 Å². The fourth-order valence-electron chi connectivity index (χ4n) is 3.62. The minimum Gasteiger partial charge on any atom is -0.493 e. The highest BCUT2D eigenvalue weighted by atomic mass is 79.9. The van der Waals surface area contributed by atoms with Gasteiger partial charge in [-0.1, -0.05) is 22.4 Å². The van der Waals surface area contributed by atoms with E-state index >= 15 is 0 Å². The van der Waals surface area contributed by atoms with E-state index in [1.54, 1.807) is 0 Å². The van der Waals surface area contributed by atoms with Gasteiger partial charge in [0.15, 0.2) is 0 Å². The number of hydrogen-bond donors (Lipinski definition) is 1. The van der Waals surface area contributed by atoms with Crippen molar-refractivity contribution >= 4 is 15.9 Å². The van der Waals surface area contributed by atoms with Crippen molar-refractivity contribution in [3.8, 4) is 5.75 Å². The van der Waals surface area contributed by atoms with E-state index in [1.807, 2.05) is 0 Å². The molecule has 0 atom stereocenters. The third kappa shape index (κ3) is 2.50. The van der Waals surface area contributed by atoms with Crippen LogP contribution in [0.1, 0.15) is 43.2 Å². The van der Waals surface area contributed by atoms with E-state index in [9.17, 15) is 0 Å². The molecule has 1 aromatic carbocycles. The number of fused-ring (bicyclic) bond motifs is 1. The first-order valence-corrected chi connectivity index (χ1v) is 8.71. The Morgan fingerprint density at radius 1 is 1.30 bits per heavy atom. The van der Waals surface area contributed by atoms with Crippen molar-refractivity contribution < 1.29 is 4.74 Å². The highest BCUT2D eigenvalue weighted by molar-refractivity contribution is 9.10. The maximum absolute atomic E-state index is 5.90. The van der Waals surface area contributed by atoms with E-state index < -0.39 is 0 Å². The van der Waals surface area contributed by atoms with Gasteiger partial charge in [0.25, 0.3) is 0 Å². The first-order chi connectivity index (χ1) is 9.74. The molecule has 2 saturated carbocycles. The minimum absolute atomic E-state index is 0.489. The number of hydrogen-bond acceptors (Lipinski definition) is 2. The molecule has 0 aromatic heterocycles. The summed E-state index contributed by atoms with van der Waals surface area (Å²) in [4.78, 5) is 0. The van der Waals surface area contributed by atoms with Crippen LogP contribution in [0.4, 0.5) is 0 Å². The van der Waals surface area contributed by atoms with Crippen LogP contribution in [-0.4, -0.2) is 19.2 Å². The topological polar surface area (TPSA) is 21.3 Å². The number of benzene rings is 1. The van der Waals surface area contributed by atoms with E-state index in [0.29, 0.717) is 5.41 Å². The smallest absolute Gasteiger partial charge is 0.125 e. The molecule has 0 amide bonds. The van der Waals surface area contributed by atoms with Crippen molar-refractivity contribution in [2.24, 2.45) is 5.41 Å². The van der Waals surface area contributed by atoms with Crippen molar-refractivity contribution in [3.63, 3.8) is 0 Å². The van der Waals surface area contributed by atoms with Gasteiger partial charge in [0.2, 0.25) is 0 Å². The normalized spacial score (nSPS) is 23.1. The third-order valence-corrected chi connectivity index (χ3v) is 5.61. The van der Waals surface area contributed by atoms with Crippen LogP contribution in [0.25, 0.3) is 0 Å². The van der Waals surface area contributed by atoms with Crippen LogP contribution in [0.2, 0.25) is 0 Å². The molecule has 20 heavy (non-hydrogen) atoms. The summed E-state index contributed by atoms with van der Waals surface area (Å²) in [5.41, 5.74) is 3.30. The number of halogens is 1. The second-order valence-electron chi connectivity index (χ2n) is 6.84. The van der Waals surface area contributed by atoms with E-state index in [1.165, 1.54) is 66.4 Å². The molecule has 4 rings (SSSR count). The molecule has 1 aliphatic heterocycles. The summed E-state index contributed by atoms with van der Waals surface area (Å²) in [5.74, 6) is 1.19. The number of nitrogens with one attached hydrogen (secondary N) is 1. The molecular formula is C17H22BrNO. The molecule has 1 N–H and O–H groups in total. The summed E-state index contributed by atoms with van der Waals surface area (Å²) in [6, 6.07) is 5.32. The van der Waals surface area contributed by atoms with Gasteiger partial charge in [-0.05, 0) is 60.8 Å². The van der Waals surface area contributed by atoms with Gasteiger partial charge in [0.05, 0.1) is 6.61 Å². The average Bonchev–Trinajstić information content (AvgIpc) is 3.09. The molecule has 3 heteroatoms. The molecule has 0 radical (unpaired) electrons. The molecule has 2 nitrogen and oxygen atoms in total. The number of ether oxygens (including phenoxy) is 1. The van der Waals surface area contributed by atoms with Gasteiger partial charge in [-0.2, -0.15) is 0 Å². The quantitative estimate of drug-likeness (QED) is 0.882. The monoisotopic (exact) mass is 335 g/mol. The predicted octanol–water partition coefficient (Wildman–Crippen LogP) is 3.85. The van der Waals surface area contributed by atoms with Gasteiger partial charge >= 0.3 is 0 Å². The summed E-state index contributed by atoms with van der Waals surface area (Å²) in [6.07, 6.45) is 9.13. The van der Waals surface area contributed by atoms with Crippen molar-refractivity contribution in [2.45, 2.75) is 51.0 Å². The molecule has 2 aliphatic carbocycles. The third-order valence-electron chi connectivity index (χ3n) is 5.15. The maximum atomic E-state index is 5.90. The van der Waals surface area contributed by atoms with Crippen LogP contribution in [0.15, 0.2) is 16.6 Å². The van der Waals surface area contributed by atoms with E-state index in [0.717, 1.165) is 19.1 Å². The molecule has 2 fully saturated rings. The van der Waals surface area contributed by atoms with Crippen LogP contribution in [-0.2, 0) is 12.8 Å². The van der Waals surface area contributed by atoms with Crippen LogP contribution in [0.3, 0.4) is 0 Å². The van der Waals surface area contributed by atoms with Gasteiger partial charge in [0, 0.05) is 23.5 Å². The Bertz CT molecular complexity index is 520. The van der Waals surface area contributed by atoms with Gasteiger partial charge in [-0.3, -0.25) is 0 Å². The van der Waals surface area contributed by atoms with Gasteiger partial charge in [-0.15, -0.1) is 0 Å². The lowest BCUT2D eigenvalue weighted by Gasteiger charge is -2.43. The molecule has 0 saturated heterocycles. The molecule has 108 valence electrons. The van der Waals surface area contributed by atoms with Crippen LogP contribution >= 0.6 is 15.9 Å². The Morgan fingerprint density at radius 2 is 2.15 bits per heavy atom. The Kier molecular flexibility index (Phi) is 3.30. The molecule has 1 aromatic rings. The standard InChI is InChI=1S/C17H22BrNO/c18-14-8-12-4-7-20-16(12)13(9-14)10-17(5-1-6-17)11-19-15-2-3-15/h8-9,15,19H,1-7,10-11H2. The lowest BCUT2D eigenvalue weighted by molar-refractivity contribution is 0.128. The Balaban J connectivity index is 1.54. The molecule has 0 spiro atoms. The maximum Gasteiger partial charge on any atom is 0.125 e. The first kappa shape index (κ1) is 13.1. The van der Waals surface area contributed by atoms with E-state index in [4.69, 9.17) is 4.74 Å². The SMILES string of the molecule is Brc1cc2c(c(CC3(CNC4CC4)CCC3)c1)OCC2. The van der Waals surface area contributed by atoms with Gasteiger partial charge < -0.3 is 10.1 Å². The summed E-state index contributed by atoms with van der Waals surface area (Å²) in [7, 11) is 0. The van der Waals surface area contributed by atoms with Crippen LogP contribution < -0.4 is 10.1 Å². The van der Waals surface area contributed by atoms with E-state index in [2.05, 4.69) is 33.4 Å². The van der Waals surface area contributed by atoms with Crippen molar-refractivity contribution in [1.29, 1.82) is 0 Å². The summed E-state index contributed by atoms with van der Waals surface area (Å²) >= 11 is 3.66.